The van der Waals surface area contributed by atoms with Crippen molar-refractivity contribution in [2.45, 2.75) is 18.4 Å². The van der Waals surface area contributed by atoms with Crippen LogP contribution in [0.25, 0.3) is 0 Å². The fourth-order valence-electron chi connectivity index (χ4n) is 2.71. The maximum atomic E-state index is 12.6. The van der Waals surface area contributed by atoms with Gasteiger partial charge in [-0.3, -0.25) is 9.52 Å². The van der Waals surface area contributed by atoms with Gasteiger partial charge in [0.15, 0.2) is 0 Å². The number of carbonyl (C=O) groups excluding carboxylic acids is 1. The van der Waals surface area contributed by atoms with Gasteiger partial charge in [-0.15, -0.1) is 0 Å². The molecule has 3 aromatic carbocycles. The summed E-state index contributed by atoms with van der Waals surface area (Å²) in [6.07, 6.45) is 0. The van der Waals surface area contributed by atoms with Gasteiger partial charge in [-0.25, -0.2) is 8.42 Å². The Kier molecular flexibility index (Phi) is 6.31. The van der Waals surface area contributed by atoms with E-state index >= 15 is 0 Å². The van der Waals surface area contributed by atoms with E-state index < -0.39 is 22.5 Å². The van der Waals surface area contributed by atoms with Gasteiger partial charge in [0.25, 0.3) is 15.9 Å². The van der Waals surface area contributed by atoms with E-state index in [-0.39, 0.29) is 21.9 Å². The number of carbonyl (C=O) groups is 1. The molecule has 0 bridgehead atoms. The lowest BCUT2D eigenvalue weighted by atomic mass is 10.1. The molecule has 0 spiro atoms. The van der Waals surface area contributed by atoms with Crippen molar-refractivity contribution in [2.75, 3.05) is 10.0 Å². The molecule has 0 unspecified atom stereocenters. The van der Waals surface area contributed by atoms with Crippen LogP contribution in [0.2, 0.25) is 0 Å². The highest BCUT2D eigenvalue weighted by Gasteiger charge is 2.16. The number of rotatable bonds is 7. The van der Waals surface area contributed by atoms with Crippen LogP contribution >= 0.6 is 0 Å². The Morgan fingerprint density at radius 1 is 0.967 bits per heavy atom. The zero-order valence-corrected chi connectivity index (χ0v) is 16.6. The molecule has 2 N–H and O–H groups in total. The van der Waals surface area contributed by atoms with Crippen molar-refractivity contribution in [3.05, 3.63) is 83.9 Å². The van der Waals surface area contributed by atoms with Crippen LogP contribution in [0.5, 0.6) is 5.75 Å². The molecule has 0 aliphatic carbocycles. The predicted molar refractivity (Wildman–Crippen MR) is 109 cm³/mol. The number of halogens is 2. The van der Waals surface area contributed by atoms with Crippen molar-refractivity contribution in [1.29, 1.82) is 0 Å². The summed E-state index contributed by atoms with van der Waals surface area (Å²) in [5.41, 5.74) is 1.03. The van der Waals surface area contributed by atoms with Gasteiger partial charge in [0.2, 0.25) is 0 Å². The minimum absolute atomic E-state index is 0.0489. The molecule has 0 aliphatic rings. The molecule has 3 aromatic rings. The Morgan fingerprint density at radius 2 is 1.67 bits per heavy atom. The lowest BCUT2D eigenvalue weighted by Gasteiger charge is -2.13. The molecular formula is C21H18F2N2O4S. The van der Waals surface area contributed by atoms with Crippen LogP contribution in [0.1, 0.15) is 15.9 Å². The molecule has 0 aliphatic heterocycles. The number of hydrogen-bond donors (Lipinski definition) is 2. The average Bonchev–Trinajstić information content (AvgIpc) is 2.71. The number of nitrogens with one attached hydrogen (secondary N) is 2. The SMILES string of the molecule is Cc1c(NC(=O)c2cccc(NS(=O)(=O)c3ccccc3)c2)cccc1OC(F)F. The Bertz CT molecular complexity index is 1150. The van der Waals surface area contributed by atoms with Crippen LogP contribution in [0.3, 0.4) is 0 Å². The van der Waals surface area contributed by atoms with Gasteiger partial charge in [-0.1, -0.05) is 30.3 Å². The van der Waals surface area contributed by atoms with Crippen molar-refractivity contribution in [2.24, 2.45) is 0 Å². The summed E-state index contributed by atoms with van der Waals surface area (Å²) in [7, 11) is -3.81. The average molecular weight is 432 g/mol. The molecule has 9 heteroatoms. The second kappa shape index (κ2) is 8.91. The molecular weight excluding hydrogens is 414 g/mol. The third kappa shape index (κ3) is 5.12. The standard InChI is InChI=1S/C21H18F2N2O4S/c1-14-18(11-6-12-19(14)29-21(22)23)24-20(26)15-7-5-8-16(13-15)25-30(27,28)17-9-3-2-4-10-17/h2-13,21,25H,1H3,(H,24,26). The maximum Gasteiger partial charge on any atom is 0.387 e. The first kappa shape index (κ1) is 21.3. The number of amides is 1. The zero-order chi connectivity index (χ0) is 21.7. The maximum absolute atomic E-state index is 12.6. The lowest BCUT2D eigenvalue weighted by molar-refractivity contribution is -0.0502. The van der Waals surface area contributed by atoms with Gasteiger partial charge < -0.3 is 10.1 Å². The largest absolute Gasteiger partial charge is 0.434 e. The summed E-state index contributed by atoms with van der Waals surface area (Å²) >= 11 is 0. The van der Waals surface area contributed by atoms with Crippen LogP contribution in [0, 0.1) is 6.92 Å². The Hall–Kier alpha value is -3.46. The van der Waals surface area contributed by atoms with Crippen LogP contribution in [-0.2, 0) is 10.0 Å². The summed E-state index contributed by atoms with van der Waals surface area (Å²) in [6, 6.07) is 18.1. The second-order valence-electron chi connectivity index (χ2n) is 6.26. The van der Waals surface area contributed by atoms with Crippen molar-refractivity contribution >= 4 is 27.3 Å². The molecule has 1 amide bonds. The molecule has 0 heterocycles. The van der Waals surface area contributed by atoms with E-state index in [1.54, 1.807) is 24.3 Å². The summed E-state index contributed by atoms with van der Waals surface area (Å²) < 4.78 is 56.8. The smallest absolute Gasteiger partial charge is 0.387 e. The van der Waals surface area contributed by atoms with Crippen molar-refractivity contribution in [3.63, 3.8) is 0 Å². The van der Waals surface area contributed by atoms with Gasteiger partial charge in [-0.2, -0.15) is 8.78 Å². The minimum Gasteiger partial charge on any atom is -0.434 e. The van der Waals surface area contributed by atoms with E-state index in [1.807, 2.05) is 0 Å². The Balaban J connectivity index is 1.79. The quantitative estimate of drug-likeness (QED) is 0.569. The number of anilines is 2. The summed E-state index contributed by atoms with van der Waals surface area (Å²) in [5, 5.41) is 2.62. The molecule has 3 rings (SSSR count). The molecule has 0 radical (unpaired) electrons. The van der Waals surface area contributed by atoms with E-state index in [0.717, 1.165) is 0 Å². The first-order valence-electron chi connectivity index (χ1n) is 8.80. The fraction of sp³-hybridized carbons (Fsp3) is 0.0952. The topological polar surface area (TPSA) is 84.5 Å². The van der Waals surface area contributed by atoms with Crippen LogP contribution < -0.4 is 14.8 Å². The molecule has 0 saturated heterocycles. The minimum atomic E-state index is -3.81. The number of benzene rings is 3. The molecule has 0 atom stereocenters. The first-order valence-corrected chi connectivity index (χ1v) is 10.3. The molecule has 30 heavy (non-hydrogen) atoms. The van der Waals surface area contributed by atoms with E-state index in [9.17, 15) is 22.0 Å². The number of ether oxygens (including phenoxy) is 1. The molecule has 0 fully saturated rings. The van der Waals surface area contributed by atoms with Crippen molar-refractivity contribution in [3.8, 4) is 5.75 Å². The van der Waals surface area contributed by atoms with Crippen LogP contribution in [-0.4, -0.2) is 20.9 Å². The zero-order valence-electron chi connectivity index (χ0n) is 15.8. The lowest BCUT2D eigenvalue weighted by Crippen LogP contribution is -2.15. The Labute approximate surface area is 172 Å². The third-order valence-corrected chi connectivity index (χ3v) is 5.58. The molecule has 6 nitrogen and oxygen atoms in total. The van der Waals surface area contributed by atoms with Crippen molar-refractivity contribution in [1.82, 2.24) is 0 Å². The molecule has 156 valence electrons. The van der Waals surface area contributed by atoms with E-state index in [1.165, 1.54) is 55.5 Å². The highest BCUT2D eigenvalue weighted by Crippen LogP contribution is 2.27. The van der Waals surface area contributed by atoms with Gasteiger partial charge in [0, 0.05) is 22.5 Å². The molecule has 0 saturated carbocycles. The van der Waals surface area contributed by atoms with E-state index in [0.29, 0.717) is 11.3 Å². The van der Waals surface area contributed by atoms with Gasteiger partial charge in [0.1, 0.15) is 5.75 Å². The molecule has 0 aromatic heterocycles. The third-order valence-electron chi connectivity index (χ3n) is 4.18. The number of sulfonamides is 1. The van der Waals surface area contributed by atoms with Gasteiger partial charge in [0.05, 0.1) is 4.90 Å². The highest BCUT2D eigenvalue weighted by molar-refractivity contribution is 7.92. The number of alkyl halides is 2. The van der Waals surface area contributed by atoms with Crippen LogP contribution in [0.15, 0.2) is 77.7 Å². The van der Waals surface area contributed by atoms with E-state index in [2.05, 4.69) is 14.8 Å². The van der Waals surface area contributed by atoms with Gasteiger partial charge >= 0.3 is 6.61 Å². The number of hydrogen-bond acceptors (Lipinski definition) is 4. The monoisotopic (exact) mass is 432 g/mol. The van der Waals surface area contributed by atoms with Crippen LogP contribution in [0.4, 0.5) is 20.2 Å². The fourth-order valence-corrected chi connectivity index (χ4v) is 3.78. The second-order valence-corrected chi connectivity index (χ2v) is 7.94. The Morgan fingerprint density at radius 3 is 2.37 bits per heavy atom. The van der Waals surface area contributed by atoms with Gasteiger partial charge in [-0.05, 0) is 49.4 Å². The summed E-state index contributed by atoms with van der Waals surface area (Å²) in [5.74, 6) is -0.583. The normalized spacial score (nSPS) is 11.2. The summed E-state index contributed by atoms with van der Waals surface area (Å²) in [4.78, 5) is 12.7. The highest BCUT2D eigenvalue weighted by atomic mass is 32.2. The predicted octanol–water partition coefficient (Wildman–Crippen LogP) is 4.65. The van der Waals surface area contributed by atoms with Crippen molar-refractivity contribution < 1.29 is 26.7 Å². The summed E-state index contributed by atoms with van der Waals surface area (Å²) in [6.45, 7) is -1.44. The first-order chi connectivity index (χ1) is 14.3. The van der Waals surface area contributed by atoms with E-state index in [4.69, 9.17) is 0 Å².